The van der Waals surface area contributed by atoms with E-state index in [0.717, 1.165) is 18.3 Å². The van der Waals surface area contributed by atoms with Gasteiger partial charge in [0.05, 0.1) is 5.69 Å². The third-order valence-electron chi connectivity index (χ3n) is 4.45. The van der Waals surface area contributed by atoms with Crippen molar-refractivity contribution in [2.75, 3.05) is 7.05 Å². The van der Waals surface area contributed by atoms with Crippen LogP contribution < -0.4 is 5.32 Å². The highest BCUT2D eigenvalue weighted by molar-refractivity contribution is 5.22. The minimum atomic E-state index is 0.487. The van der Waals surface area contributed by atoms with Crippen LogP contribution >= 0.6 is 0 Å². The first-order valence-corrected chi connectivity index (χ1v) is 7.35. The zero-order valence-corrected chi connectivity index (χ0v) is 12.2. The van der Waals surface area contributed by atoms with Crippen LogP contribution in [0.2, 0.25) is 0 Å². The van der Waals surface area contributed by atoms with E-state index in [9.17, 15) is 0 Å². The van der Waals surface area contributed by atoms with Crippen LogP contribution in [0.1, 0.15) is 56.8 Å². The molecule has 1 aliphatic rings. The zero-order valence-electron chi connectivity index (χ0n) is 12.2. The van der Waals surface area contributed by atoms with Crippen molar-refractivity contribution in [3.05, 3.63) is 17.5 Å². The molecule has 18 heavy (non-hydrogen) atoms. The Hall–Kier alpha value is -0.830. The predicted molar refractivity (Wildman–Crippen MR) is 75.5 cm³/mol. The van der Waals surface area contributed by atoms with Crippen LogP contribution in [-0.4, -0.2) is 16.8 Å². The molecule has 1 saturated carbocycles. The SMILES string of the molecule is CCc1nn(C)cc1C(NC)C1CCC(C)CC1. The Bertz CT molecular complexity index is 375. The van der Waals surface area contributed by atoms with Gasteiger partial charge >= 0.3 is 0 Å². The largest absolute Gasteiger partial charge is 0.313 e. The Balaban J connectivity index is 2.16. The maximum absolute atomic E-state index is 4.58. The van der Waals surface area contributed by atoms with E-state index in [-0.39, 0.29) is 0 Å². The van der Waals surface area contributed by atoms with Crippen molar-refractivity contribution >= 4 is 0 Å². The van der Waals surface area contributed by atoms with Crippen molar-refractivity contribution in [1.29, 1.82) is 0 Å². The van der Waals surface area contributed by atoms with Crippen LogP contribution in [0.15, 0.2) is 6.20 Å². The number of aromatic nitrogens is 2. The normalized spacial score (nSPS) is 26.2. The van der Waals surface area contributed by atoms with Crippen LogP contribution in [0.5, 0.6) is 0 Å². The summed E-state index contributed by atoms with van der Waals surface area (Å²) in [6.45, 7) is 4.58. The van der Waals surface area contributed by atoms with Gasteiger partial charge in [0.25, 0.3) is 0 Å². The van der Waals surface area contributed by atoms with Crippen molar-refractivity contribution in [2.45, 2.75) is 52.0 Å². The summed E-state index contributed by atoms with van der Waals surface area (Å²) >= 11 is 0. The molecular weight excluding hydrogens is 222 g/mol. The molecule has 0 aliphatic heterocycles. The molecule has 0 amide bonds. The van der Waals surface area contributed by atoms with Gasteiger partial charge in [0.1, 0.15) is 0 Å². The summed E-state index contributed by atoms with van der Waals surface area (Å²) in [5.74, 6) is 1.69. The van der Waals surface area contributed by atoms with E-state index in [1.54, 1.807) is 0 Å². The van der Waals surface area contributed by atoms with Gasteiger partial charge in [-0.3, -0.25) is 4.68 Å². The quantitative estimate of drug-likeness (QED) is 0.888. The van der Waals surface area contributed by atoms with Gasteiger partial charge in [0.2, 0.25) is 0 Å². The van der Waals surface area contributed by atoms with E-state index < -0.39 is 0 Å². The summed E-state index contributed by atoms with van der Waals surface area (Å²) in [6, 6.07) is 0.487. The van der Waals surface area contributed by atoms with Gasteiger partial charge in [-0.2, -0.15) is 5.10 Å². The van der Waals surface area contributed by atoms with Crippen molar-refractivity contribution in [1.82, 2.24) is 15.1 Å². The summed E-state index contributed by atoms with van der Waals surface area (Å²) in [4.78, 5) is 0. The lowest BCUT2D eigenvalue weighted by molar-refractivity contribution is 0.237. The lowest BCUT2D eigenvalue weighted by Gasteiger charge is -2.32. The minimum Gasteiger partial charge on any atom is -0.313 e. The fraction of sp³-hybridized carbons (Fsp3) is 0.800. The van der Waals surface area contributed by atoms with Crippen LogP contribution in [0.3, 0.4) is 0 Å². The maximum Gasteiger partial charge on any atom is 0.0669 e. The summed E-state index contributed by atoms with van der Waals surface area (Å²) in [7, 11) is 4.12. The van der Waals surface area contributed by atoms with E-state index in [1.807, 2.05) is 11.7 Å². The van der Waals surface area contributed by atoms with E-state index in [2.05, 4.69) is 37.5 Å². The molecule has 1 atom stereocenters. The van der Waals surface area contributed by atoms with Crippen molar-refractivity contribution < 1.29 is 0 Å². The van der Waals surface area contributed by atoms with Gasteiger partial charge in [0, 0.05) is 24.8 Å². The standard InChI is InChI=1S/C15H27N3/c1-5-14-13(10-18(4)17-14)15(16-3)12-8-6-11(2)7-9-12/h10-12,15-16H,5-9H2,1-4H3. The Labute approximate surface area is 111 Å². The third kappa shape index (κ3) is 2.77. The lowest BCUT2D eigenvalue weighted by atomic mass is 9.77. The van der Waals surface area contributed by atoms with Crippen LogP contribution in [-0.2, 0) is 13.5 Å². The van der Waals surface area contributed by atoms with Crippen molar-refractivity contribution in [2.24, 2.45) is 18.9 Å². The van der Waals surface area contributed by atoms with Gasteiger partial charge in [-0.15, -0.1) is 0 Å². The molecule has 0 bridgehead atoms. The molecule has 0 radical (unpaired) electrons. The van der Waals surface area contributed by atoms with Crippen LogP contribution in [0.25, 0.3) is 0 Å². The molecule has 102 valence electrons. The minimum absolute atomic E-state index is 0.487. The highest BCUT2D eigenvalue weighted by Crippen LogP contribution is 2.37. The molecule has 3 heteroatoms. The first-order chi connectivity index (χ1) is 8.65. The second-order valence-electron chi connectivity index (χ2n) is 5.84. The lowest BCUT2D eigenvalue weighted by Crippen LogP contribution is -2.28. The molecule has 1 heterocycles. The maximum atomic E-state index is 4.58. The van der Waals surface area contributed by atoms with Gasteiger partial charge in [0.15, 0.2) is 0 Å². The summed E-state index contributed by atoms with van der Waals surface area (Å²) in [5.41, 5.74) is 2.68. The van der Waals surface area contributed by atoms with E-state index in [1.165, 1.54) is 36.9 Å². The Morgan fingerprint density at radius 1 is 1.39 bits per heavy atom. The molecule has 2 rings (SSSR count). The van der Waals surface area contributed by atoms with Gasteiger partial charge in [-0.1, -0.05) is 26.7 Å². The molecule has 0 saturated heterocycles. The molecule has 1 fully saturated rings. The molecule has 1 aliphatic carbocycles. The van der Waals surface area contributed by atoms with E-state index in [4.69, 9.17) is 0 Å². The number of rotatable bonds is 4. The number of hydrogen-bond acceptors (Lipinski definition) is 2. The molecule has 0 spiro atoms. The third-order valence-corrected chi connectivity index (χ3v) is 4.45. The van der Waals surface area contributed by atoms with E-state index >= 15 is 0 Å². The van der Waals surface area contributed by atoms with Gasteiger partial charge in [-0.25, -0.2) is 0 Å². The number of nitrogens with zero attached hydrogens (tertiary/aromatic N) is 2. The van der Waals surface area contributed by atoms with Crippen molar-refractivity contribution in [3.63, 3.8) is 0 Å². The average Bonchev–Trinajstić information content (AvgIpc) is 2.74. The van der Waals surface area contributed by atoms with Crippen LogP contribution in [0.4, 0.5) is 0 Å². The Morgan fingerprint density at radius 2 is 2.06 bits per heavy atom. The summed E-state index contributed by atoms with van der Waals surface area (Å²) in [5, 5.41) is 8.12. The second-order valence-corrected chi connectivity index (χ2v) is 5.84. The highest BCUT2D eigenvalue weighted by atomic mass is 15.3. The van der Waals surface area contributed by atoms with Gasteiger partial charge in [-0.05, 0) is 38.1 Å². The number of nitrogens with one attached hydrogen (secondary N) is 1. The molecule has 3 nitrogen and oxygen atoms in total. The molecule has 0 aromatic carbocycles. The fourth-order valence-corrected chi connectivity index (χ4v) is 3.35. The Kier molecular flexibility index (Phi) is 4.44. The van der Waals surface area contributed by atoms with Gasteiger partial charge < -0.3 is 5.32 Å². The molecule has 1 unspecified atom stereocenters. The van der Waals surface area contributed by atoms with E-state index in [0.29, 0.717) is 6.04 Å². The highest BCUT2D eigenvalue weighted by Gasteiger charge is 2.28. The predicted octanol–water partition coefficient (Wildman–Crippen LogP) is 3.07. The molecule has 1 aromatic rings. The molecule has 1 aromatic heterocycles. The van der Waals surface area contributed by atoms with Crippen LogP contribution in [0, 0.1) is 11.8 Å². The number of aryl methyl sites for hydroxylation is 2. The fourth-order valence-electron chi connectivity index (χ4n) is 3.35. The molecular formula is C15H27N3. The monoisotopic (exact) mass is 249 g/mol. The first kappa shape index (κ1) is 13.6. The first-order valence-electron chi connectivity index (χ1n) is 7.35. The zero-order chi connectivity index (χ0) is 13.1. The second kappa shape index (κ2) is 5.87. The number of hydrogen-bond donors (Lipinski definition) is 1. The molecule has 1 N–H and O–H groups in total. The Morgan fingerprint density at radius 3 is 2.61 bits per heavy atom. The van der Waals surface area contributed by atoms with Crippen molar-refractivity contribution in [3.8, 4) is 0 Å². The smallest absolute Gasteiger partial charge is 0.0669 e. The summed E-state index contributed by atoms with van der Waals surface area (Å²) in [6.07, 6.45) is 8.69. The summed E-state index contributed by atoms with van der Waals surface area (Å²) < 4.78 is 1.96. The topological polar surface area (TPSA) is 29.9 Å². The average molecular weight is 249 g/mol.